The number of amides is 1. The molecule has 0 atom stereocenters. The van der Waals surface area contributed by atoms with Crippen LogP contribution >= 0.6 is 11.8 Å². The summed E-state index contributed by atoms with van der Waals surface area (Å²) in [6.45, 7) is 6.91. The lowest BCUT2D eigenvalue weighted by Crippen LogP contribution is -2.41. The lowest BCUT2D eigenvalue weighted by molar-refractivity contribution is 0.0383. The van der Waals surface area contributed by atoms with Crippen LogP contribution in [0, 0.1) is 0 Å². The van der Waals surface area contributed by atoms with Gasteiger partial charge in [-0.05, 0) is 31.2 Å². The number of carbonyl (C=O) groups is 1. The predicted molar refractivity (Wildman–Crippen MR) is 108 cm³/mol. The molecule has 140 valence electrons. The van der Waals surface area contributed by atoms with Crippen molar-refractivity contribution in [3.63, 3.8) is 0 Å². The smallest absolute Gasteiger partial charge is 0.251 e. The molecular weight excluding hydrogens is 358 g/mol. The summed E-state index contributed by atoms with van der Waals surface area (Å²) in [5.41, 5.74) is 3.63. The number of ether oxygens (including phenoxy) is 1. The Bertz CT molecular complexity index is 875. The number of nitrogens with zero attached hydrogens (tertiary/aromatic N) is 2. The summed E-state index contributed by atoms with van der Waals surface area (Å²) in [5, 5.41) is 3.02. The van der Waals surface area contributed by atoms with Crippen LogP contribution in [0.3, 0.4) is 0 Å². The molecule has 0 radical (unpaired) electrons. The van der Waals surface area contributed by atoms with Crippen molar-refractivity contribution in [2.75, 3.05) is 39.4 Å². The van der Waals surface area contributed by atoms with E-state index in [0.717, 1.165) is 54.7 Å². The molecule has 6 heteroatoms. The quantitative estimate of drug-likeness (QED) is 0.882. The summed E-state index contributed by atoms with van der Waals surface area (Å²) in [6.07, 6.45) is 0. The third-order valence-electron chi connectivity index (χ3n) is 4.82. The van der Waals surface area contributed by atoms with Gasteiger partial charge in [-0.25, -0.2) is 0 Å². The maximum absolute atomic E-state index is 12.5. The van der Waals surface area contributed by atoms with Crippen LogP contribution in [0.5, 0.6) is 0 Å². The Hall–Kier alpha value is -2.15. The lowest BCUT2D eigenvalue weighted by atomic mass is 10.1. The number of aliphatic imine (C=N–C) groups is 1. The molecular formula is C21H23N3O2S. The minimum Gasteiger partial charge on any atom is -0.379 e. The number of rotatable bonds is 4. The molecule has 0 saturated carbocycles. The summed E-state index contributed by atoms with van der Waals surface area (Å²) >= 11 is 1.70. The standard InChI is InChI=1S/C21H23N3O2S/c1-15-17-4-2-3-5-19(17)27-20-7-6-16(14-18(20)23-15)21(25)22-8-9-24-10-12-26-13-11-24/h2-7,14H,8-13H2,1H3,(H,22,25). The molecule has 1 fully saturated rings. The first-order valence-corrected chi connectivity index (χ1v) is 10.1. The highest BCUT2D eigenvalue weighted by atomic mass is 32.2. The second-order valence-electron chi connectivity index (χ2n) is 6.69. The molecule has 0 unspecified atom stereocenters. The predicted octanol–water partition coefficient (Wildman–Crippen LogP) is 3.35. The first kappa shape index (κ1) is 18.2. The van der Waals surface area contributed by atoms with Crippen molar-refractivity contribution in [1.29, 1.82) is 0 Å². The van der Waals surface area contributed by atoms with Gasteiger partial charge in [0.15, 0.2) is 0 Å². The molecule has 0 aromatic heterocycles. The summed E-state index contributed by atoms with van der Waals surface area (Å²) in [6, 6.07) is 14.0. The third-order valence-corrected chi connectivity index (χ3v) is 5.96. The molecule has 2 aromatic carbocycles. The Morgan fingerprint density at radius 1 is 1.19 bits per heavy atom. The van der Waals surface area contributed by atoms with E-state index >= 15 is 0 Å². The lowest BCUT2D eigenvalue weighted by Gasteiger charge is -2.26. The van der Waals surface area contributed by atoms with Crippen molar-refractivity contribution in [2.45, 2.75) is 16.7 Å². The number of carbonyl (C=O) groups excluding carboxylic acids is 1. The van der Waals surface area contributed by atoms with E-state index < -0.39 is 0 Å². The molecule has 1 amide bonds. The van der Waals surface area contributed by atoms with Gasteiger partial charge in [-0.15, -0.1) is 0 Å². The maximum Gasteiger partial charge on any atom is 0.251 e. The zero-order valence-corrected chi connectivity index (χ0v) is 16.2. The number of nitrogens with one attached hydrogen (secondary N) is 1. The first-order valence-electron chi connectivity index (χ1n) is 9.25. The SMILES string of the molecule is CC1=Nc2cc(C(=O)NCCN3CCOCC3)ccc2Sc2ccccc21. The Kier molecular flexibility index (Phi) is 5.57. The van der Waals surface area contributed by atoms with E-state index in [0.29, 0.717) is 12.1 Å². The van der Waals surface area contributed by atoms with Gasteiger partial charge in [0.2, 0.25) is 0 Å². The molecule has 5 nitrogen and oxygen atoms in total. The van der Waals surface area contributed by atoms with E-state index in [1.165, 1.54) is 4.90 Å². The van der Waals surface area contributed by atoms with Gasteiger partial charge in [0.25, 0.3) is 5.91 Å². The molecule has 0 bridgehead atoms. The van der Waals surface area contributed by atoms with Gasteiger partial charge in [0, 0.05) is 52.8 Å². The van der Waals surface area contributed by atoms with Crippen molar-refractivity contribution in [3.05, 3.63) is 53.6 Å². The van der Waals surface area contributed by atoms with Crippen molar-refractivity contribution in [1.82, 2.24) is 10.2 Å². The summed E-state index contributed by atoms with van der Waals surface area (Å²) < 4.78 is 5.35. The monoisotopic (exact) mass is 381 g/mol. The zero-order valence-electron chi connectivity index (χ0n) is 15.4. The fraction of sp³-hybridized carbons (Fsp3) is 0.333. The van der Waals surface area contributed by atoms with E-state index in [1.54, 1.807) is 11.8 Å². The first-order chi connectivity index (χ1) is 13.2. The molecule has 2 heterocycles. The molecule has 0 spiro atoms. The van der Waals surface area contributed by atoms with Gasteiger partial charge in [0.1, 0.15) is 0 Å². The molecule has 27 heavy (non-hydrogen) atoms. The van der Waals surface area contributed by atoms with Gasteiger partial charge in [-0.3, -0.25) is 14.7 Å². The Morgan fingerprint density at radius 3 is 2.85 bits per heavy atom. The fourth-order valence-electron chi connectivity index (χ4n) is 3.30. The van der Waals surface area contributed by atoms with E-state index in [-0.39, 0.29) is 5.91 Å². The second-order valence-corrected chi connectivity index (χ2v) is 7.77. The van der Waals surface area contributed by atoms with Crippen molar-refractivity contribution in [3.8, 4) is 0 Å². The minimum atomic E-state index is -0.0503. The second kappa shape index (κ2) is 8.25. The van der Waals surface area contributed by atoms with E-state index in [9.17, 15) is 4.79 Å². The number of hydrogen-bond donors (Lipinski definition) is 1. The summed E-state index contributed by atoms with van der Waals surface area (Å²) in [7, 11) is 0. The van der Waals surface area contributed by atoms with Crippen LogP contribution in [-0.2, 0) is 4.74 Å². The van der Waals surface area contributed by atoms with Crippen LogP contribution in [0.25, 0.3) is 0 Å². The molecule has 1 N–H and O–H groups in total. The average molecular weight is 382 g/mol. The van der Waals surface area contributed by atoms with Crippen LogP contribution in [0.4, 0.5) is 5.69 Å². The fourth-order valence-corrected chi connectivity index (χ4v) is 4.36. The van der Waals surface area contributed by atoms with Gasteiger partial charge >= 0.3 is 0 Å². The van der Waals surface area contributed by atoms with Gasteiger partial charge in [-0.1, -0.05) is 30.0 Å². The van der Waals surface area contributed by atoms with Crippen molar-refractivity contribution < 1.29 is 9.53 Å². The highest BCUT2D eigenvalue weighted by molar-refractivity contribution is 7.99. The maximum atomic E-state index is 12.5. The molecule has 2 aliphatic rings. The number of fused-ring (bicyclic) bond motifs is 2. The van der Waals surface area contributed by atoms with Crippen LogP contribution in [0.2, 0.25) is 0 Å². The average Bonchev–Trinajstić information content (AvgIpc) is 2.84. The van der Waals surface area contributed by atoms with Gasteiger partial charge in [-0.2, -0.15) is 0 Å². The Morgan fingerprint density at radius 2 is 2.00 bits per heavy atom. The molecule has 0 aliphatic carbocycles. The number of benzene rings is 2. The molecule has 4 rings (SSSR count). The minimum absolute atomic E-state index is 0.0503. The van der Waals surface area contributed by atoms with Crippen molar-refractivity contribution >= 4 is 29.1 Å². The van der Waals surface area contributed by atoms with Gasteiger partial charge < -0.3 is 10.1 Å². The van der Waals surface area contributed by atoms with E-state index in [1.807, 2.05) is 37.3 Å². The van der Waals surface area contributed by atoms with E-state index in [4.69, 9.17) is 9.73 Å². The molecule has 1 saturated heterocycles. The highest BCUT2D eigenvalue weighted by Crippen LogP contribution is 2.40. The normalized spacial score (nSPS) is 16.7. The van der Waals surface area contributed by atoms with Crippen LogP contribution in [0.15, 0.2) is 57.2 Å². The molecule has 2 aromatic rings. The third kappa shape index (κ3) is 4.24. The largest absolute Gasteiger partial charge is 0.379 e. The van der Waals surface area contributed by atoms with Gasteiger partial charge in [0.05, 0.1) is 18.9 Å². The van der Waals surface area contributed by atoms with Crippen molar-refractivity contribution in [2.24, 2.45) is 4.99 Å². The molecule has 2 aliphatic heterocycles. The summed E-state index contributed by atoms with van der Waals surface area (Å²) in [5.74, 6) is -0.0503. The number of morpholine rings is 1. The van der Waals surface area contributed by atoms with Crippen LogP contribution in [-0.4, -0.2) is 55.9 Å². The topological polar surface area (TPSA) is 53.9 Å². The number of hydrogen-bond acceptors (Lipinski definition) is 5. The summed E-state index contributed by atoms with van der Waals surface area (Å²) in [4.78, 5) is 21.9. The van der Waals surface area contributed by atoms with E-state index in [2.05, 4.69) is 22.3 Å². The van der Waals surface area contributed by atoms with Crippen LogP contribution < -0.4 is 5.32 Å². The highest BCUT2D eigenvalue weighted by Gasteiger charge is 2.17. The Balaban J connectivity index is 1.45. The Labute approximate surface area is 163 Å². The van der Waals surface area contributed by atoms with Crippen LogP contribution in [0.1, 0.15) is 22.8 Å². The zero-order chi connectivity index (χ0) is 18.6.